The van der Waals surface area contributed by atoms with Crippen LogP contribution < -0.4 is 20.1 Å². The Morgan fingerprint density at radius 3 is 2.64 bits per heavy atom. The van der Waals surface area contributed by atoms with Gasteiger partial charge in [-0.25, -0.2) is 13.9 Å². The number of carbonyl (C=O) groups excluding carboxylic acids is 1. The number of alkyl halides is 1. The minimum atomic E-state index is -4.35. The van der Waals surface area contributed by atoms with Gasteiger partial charge in [-0.2, -0.15) is 15.1 Å². The molecule has 230 valence electrons. The van der Waals surface area contributed by atoms with E-state index in [9.17, 15) is 14.5 Å². The molecule has 0 radical (unpaired) electrons. The minimum absolute atomic E-state index is 0.105. The van der Waals surface area contributed by atoms with Gasteiger partial charge in [0, 0.05) is 5.02 Å². The SMILES string of the molecule is CCOc1nc(N)nc2c1ncn2[C@@H]1O[C@@H](COP(=O)(NC(C)C(=O)OC(C)C)Oc2ccc(Cl)cc2)[C@@H](O)[C@@]1(C)F. The van der Waals surface area contributed by atoms with Crippen LogP contribution >= 0.6 is 19.3 Å². The molecule has 0 aliphatic carbocycles. The molecule has 0 amide bonds. The fourth-order valence-electron chi connectivity index (χ4n) is 4.19. The Balaban J connectivity index is 1.57. The molecule has 14 nitrogen and oxygen atoms in total. The zero-order valence-corrected chi connectivity index (χ0v) is 25.2. The zero-order valence-electron chi connectivity index (χ0n) is 23.6. The van der Waals surface area contributed by atoms with Gasteiger partial charge in [-0.1, -0.05) is 11.6 Å². The van der Waals surface area contributed by atoms with Crippen LogP contribution in [0.4, 0.5) is 10.3 Å². The van der Waals surface area contributed by atoms with Crippen LogP contribution in [0.5, 0.6) is 11.6 Å². The summed E-state index contributed by atoms with van der Waals surface area (Å²) in [7, 11) is -4.35. The van der Waals surface area contributed by atoms with Gasteiger partial charge >= 0.3 is 13.7 Å². The van der Waals surface area contributed by atoms with E-state index in [1.165, 1.54) is 42.1 Å². The third kappa shape index (κ3) is 6.93. The van der Waals surface area contributed by atoms with Crippen LogP contribution in [0.3, 0.4) is 0 Å². The third-order valence-electron chi connectivity index (χ3n) is 6.16. The molecular weight excluding hydrogens is 598 g/mol. The molecule has 1 aliphatic heterocycles. The molecule has 17 heteroatoms. The van der Waals surface area contributed by atoms with Crippen LogP contribution in [0.25, 0.3) is 11.2 Å². The maximum Gasteiger partial charge on any atom is 0.459 e. The highest BCUT2D eigenvalue weighted by molar-refractivity contribution is 7.52. The van der Waals surface area contributed by atoms with Gasteiger partial charge in [0.05, 0.1) is 25.6 Å². The molecule has 3 aromatic rings. The van der Waals surface area contributed by atoms with Crippen molar-refractivity contribution in [3.05, 3.63) is 35.6 Å². The van der Waals surface area contributed by atoms with E-state index in [1.54, 1.807) is 20.8 Å². The molecule has 0 bridgehead atoms. The van der Waals surface area contributed by atoms with Crippen molar-refractivity contribution >= 4 is 42.4 Å². The van der Waals surface area contributed by atoms with Gasteiger partial charge in [0.25, 0.3) is 0 Å². The Labute approximate surface area is 246 Å². The van der Waals surface area contributed by atoms with Gasteiger partial charge in [0.15, 0.2) is 23.1 Å². The number of imidazole rings is 1. The number of nitrogens with zero attached hydrogens (tertiary/aromatic N) is 4. The maximum atomic E-state index is 16.0. The van der Waals surface area contributed by atoms with Gasteiger partial charge < -0.3 is 29.6 Å². The molecule has 4 rings (SSSR count). The number of carbonyl (C=O) groups is 1. The molecule has 2 aromatic heterocycles. The van der Waals surface area contributed by atoms with Crippen LogP contribution in [0.1, 0.15) is 40.8 Å². The highest BCUT2D eigenvalue weighted by Crippen LogP contribution is 2.48. The van der Waals surface area contributed by atoms with E-state index in [0.717, 1.165) is 6.92 Å². The fraction of sp³-hybridized carbons (Fsp3) is 0.520. The number of ether oxygens (including phenoxy) is 3. The van der Waals surface area contributed by atoms with E-state index in [-0.39, 0.29) is 35.3 Å². The molecule has 3 heterocycles. The first-order valence-electron chi connectivity index (χ1n) is 13.1. The second-order valence-corrected chi connectivity index (χ2v) is 12.1. The lowest BCUT2D eigenvalue weighted by molar-refractivity contribution is -0.149. The summed E-state index contributed by atoms with van der Waals surface area (Å²) >= 11 is 5.93. The van der Waals surface area contributed by atoms with E-state index in [2.05, 4.69) is 20.0 Å². The Bertz CT molecular complexity index is 1460. The Morgan fingerprint density at radius 2 is 2.00 bits per heavy atom. The maximum absolute atomic E-state index is 16.0. The van der Waals surface area contributed by atoms with E-state index >= 15 is 4.39 Å². The number of esters is 1. The summed E-state index contributed by atoms with van der Waals surface area (Å²) in [4.78, 5) is 24.8. The van der Waals surface area contributed by atoms with Gasteiger partial charge in [-0.15, -0.1) is 0 Å². The predicted molar refractivity (Wildman–Crippen MR) is 150 cm³/mol. The highest BCUT2D eigenvalue weighted by Gasteiger charge is 2.56. The summed E-state index contributed by atoms with van der Waals surface area (Å²) in [5.74, 6) is -0.632. The lowest BCUT2D eigenvalue weighted by atomic mass is 9.98. The average Bonchev–Trinajstić information content (AvgIpc) is 3.41. The summed E-state index contributed by atoms with van der Waals surface area (Å²) < 4.78 is 58.8. The lowest BCUT2D eigenvalue weighted by Crippen LogP contribution is -2.41. The zero-order chi connectivity index (χ0) is 30.8. The second-order valence-electron chi connectivity index (χ2n) is 9.94. The topological polar surface area (TPSA) is 182 Å². The third-order valence-corrected chi connectivity index (χ3v) is 8.06. The normalized spacial score (nSPS) is 24.5. The van der Waals surface area contributed by atoms with Crippen LogP contribution in [-0.4, -0.2) is 73.8 Å². The van der Waals surface area contributed by atoms with E-state index in [4.69, 9.17) is 40.6 Å². The number of aromatic nitrogens is 4. The molecule has 1 fully saturated rings. The summed E-state index contributed by atoms with van der Waals surface area (Å²) in [5.41, 5.74) is 3.76. The van der Waals surface area contributed by atoms with Crippen molar-refractivity contribution in [2.75, 3.05) is 18.9 Å². The van der Waals surface area contributed by atoms with Crippen molar-refractivity contribution in [1.29, 1.82) is 0 Å². The molecule has 0 saturated carbocycles. The molecule has 1 aliphatic rings. The number of anilines is 1. The summed E-state index contributed by atoms with van der Waals surface area (Å²) in [6, 6.07) is 4.77. The lowest BCUT2D eigenvalue weighted by Gasteiger charge is -2.25. The predicted octanol–water partition coefficient (Wildman–Crippen LogP) is 3.58. The van der Waals surface area contributed by atoms with Gasteiger partial charge in [0.2, 0.25) is 11.8 Å². The monoisotopic (exact) mass is 630 g/mol. The average molecular weight is 631 g/mol. The quantitative estimate of drug-likeness (QED) is 0.195. The first kappa shape index (κ1) is 31.9. The molecule has 2 unspecified atom stereocenters. The van der Waals surface area contributed by atoms with Gasteiger partial charge in [-0.05, 0) is 58.9 Å². The van der Waals surface area contributed by atoms with Crippen LogP contribution in [0.15, 0.2) is 30.6 Å². The highest BCUT2D eigenvalue weighted by atomic mass is 35.5. The molecule has 4 N–H and O–H groups in total. The summed E-state index contributed by atoms with van der Waals surface area (Å²) in [6.45, 7) is 7.29. The van der Waals surface area contributed by atoms with Gasteiger partial charge in [-0.3, -0.25) is 13.9 Å². The standard InChI is InChI=1S/C25H33ClFN6O8P/c1-6-37-21-18-20(30-24(28)31-21)33(12-29-18)23-25(5,27)19(34)17(40-23)11-38-42(36,32-14(4)22(35)39-13(2)3)41-16-9-7-15(26)8-10-16/h7-10,12-14,17,19,23,34H,6,11H2,1-5H3,(H,32,36)(H2,28,30,31)/t14?,17-,19+,23+,25+,42?/m0/s1. The van der Waals surface area contributed by atoms with E-state index in [0.29, 0.717) is 5.02 Å². The van der Waals surface area contributed by atoms with Crippen LogP contribution in [0, 0.1) is 0 Å². The summed E-state index contributed by atoms with van der Waals surface area (Å²) in [6.07, 6.45) is -3.70. The van der Waals surface area contributed by atoms with E-state index in [1.807, 2.05) is 0 Å². The number of halogens is 2. The molecule has 0 spiro atoms. The molecule has 1 aromatic carbocycles. The number of benzene rings is 1. The number of aliphatic hydroxyl groups excluding tert-OH is 1. The number of aliphatic hydroxyl groups is 1. The Morgan fingerprint density at radius 1 is 1.31 bits per heavy atom. The van der Waals surface area contributed by atoms with Crippen molar-refractivity contribution in [3.8, 4) is 11.6 Å². The number of nitrogens with one attached hydrogen (secondary N) is 1. The summed E-state index contributed by atoms with van der Waals surface area (Å²) in [5, 5.41) is 13.8. The number of nitrogen functional groups attached to an aromatic ring is 1. The molecular formula is C25H33ClFN6O8P. The molecule has 42 heavy (non-hydrogen) atoms. The number of hydrogen-bond acceptors (Lipinski definition) is 12. The smallest absolute Gasteiger partial charge is 0.459 e. The second kappa shape index (κ2) is 12.7. The first-order valence-corrected chi connectivity index (χ1v) is 15.0. The number of hydrogen-bond donors (Lipinski definition) is 3. The Kier molecular flexibility index (Phi) is 9.60. The first-order chi connectivity index (χ1) is 19.7. The van der Waals surface area contributed by atoms with E-state index < -0.39 is 56.6 Å². The molecule has 6 atom stereocenters. The molecule has 1 saturated heterocycles. The van der Waals surface area contributed by atoms with Crippen molar-refractivity contribution in [3.63, 3.8) is 0 Å². The number of rotatable bonds is 12. The Hall–Kier alpha value is -3.07. The van der Waals surface area contributed by atoms with Crippen LogP contribution in [-0.2, 0) is 23.4 Å². The van der Waals surface area contributed by atoms with Crippen molar-refractivity contribution in [2.45, 2.75) is 70.9 Å². The van der Waals surface area contributed by atoms with Crippen LogP contribution in [0.2, 0.25) is 5.02 Å². The van der Waals surface area contributed by atoms with Crippen molar-refractivity contribution in [2.24, 2.45) is 0 Å². The number of fused-ring (bicyclic) bond motifs is 1. The number of nitrogens with two attached hydrogens (primary N) is 1. The minimum Gasteiger partial charge on any atom is -0.476 e. The fourth-order valence-corrected chi connectivity index (χ4v) is 5.81. The van der Waals surface area contributed by atoms with Crippen molar-refractivity contribution < 1.29 is 42.1 Å². The van der Waals surface area contributed by atoms with Crippen molar-refractivity contribution in [1.82, 2.24) is 24.6 Å². The largest absolute Gasteiger partial charge is 0.476 e. The van der Waals surface area contributed by atoms with Gasteiger partial charge in [0.1, 0.15) is 24.0 Å².